The zero-order chi connectivity index (χ0) is 30.1. The summed E-state index contributed by atoms with van der Waals surface area (Å²) in [4.78, 5) is 37.0. The molecule has 0 aromatic heterocycles. The third-order valence-electron chi connectivity index (χ3n) is 8.09. The zero-order valence-corrected chi connectivity index (χ0v) is 26.2. The second kappa shape index (κ2) is 14.6. The van der Waals surface area contributed by atoms with Crippen molar-refractivity contribution < 1.29 is 19.1 Å². The molecule has 2 saturated heterocycles. The van der Waals surface area contributed by atoms with Crippen molar-refractivity contribution in [3.05, 3.63) is 88.5 Å². The van der Waals surface area contributed by atoms with Crippen molar-refractivity contribution in [3.8, 4) is 5.75 Å². The van der Waals surface area contributed by atoms with Crippen molar-refractivity contribution in [1.29, 1.82) is 0 Å². The fourth-order valence-corrected chi connectivity index (χ4v) is 6.88. The normalized spacial score (nSPS) is 19.4. The van der Waals surface area contributed by atoms with Gasteiger partial charge in [0.05, 0.1) is 19.2 Å². The number of allylic oxidation sites excluding steroid dienone is 1. The number of carbonyl (C=O) groups excluding carboxylic acids is 2. The quantitative estimate of drug-likeness (QED) is 0.253. The zero-order valence-electron chi connectivity index (χ0n) is 25.3. The highest BCUT2D eigenvalue weighted by molar-refractivity contribution is 8.16. The molecule has 1 spiro atoms. The van der Waals surface area contributed by atoms with Crippen LogP contribution in [0, 0.1) is 0 Å². The van der Waals surface area contributed by atoms with Crippen LogP contribution in [0.4, 0.5) is 4.79 Å². The summed E-state index contributed by atoms with van der Waals surface area (Å²) in [7, 11) is 6.72. The summed E-state index contributed by atoms with van der Waals surface area (Å²) in [6, 6.07) is 16.1. The van der Waals surface area contributed by atoms with Gasteiger partial charge in [-0.15, -0.1) is 0 Å². The van der Waals surface area contributed by atoms with E-state index in [4.69, 9.17) is 4.74 Å². The number of urea groups is 1. The number of fused-ring (bicyclic) bond motifs is 3. The molecule has 3 aliphatic rings. The Balaban J connectivity index is 0.00000129. The molecule has 0 aliphatic carbocycles. The van der Waals surface area contributed by atoms with Crippen LogP contribution >= 0.6 is 11.8 Å². The van der Waals surface area contributed by atoms with Gasteiger partial charge in [0.1, 0.15) is 10.8 Å². The van der Waals surface area contributed by atoms with E-state index >= 15 is 0 Å². The monoisotopic (exact) mass is 590 g/mol. The van der Waals surface area contributed by atoms with E-state index in [0.717, 1.165) is 53.3 Å². The number of piperidine rings is 1. The number of likely N-dealkylation sites (tertiary alicyclic amines) is 1. The average molecular weight is 591 g/mol. The lowest BCUT2D eigenvalue weighted by Crippen LogP contribution is -2.54. The summed E-state index contributed by atoms with van der Waals surface area (Å²) in [6.07, 6.45) is 7.09. The summed E-state index contributed by atoms with van der Waals surface area (Å²) in [5.74, 6) is 0.884. The number of amides is 3. The number of thioether (sulfide) groups is 1. The predicted octanol–water partition coefficient (Wildman–Crippen LogP) is 5.73. The van der Waals surface area contributed by atoms with Crippen LogP contribution in [-0.2, 0) is 22.5 Å². The summed E-state index contributed by atoms with van der Waals surface area (Å²) >= 11 is 1.45. The molecule has 0 bridgehead atoms. The van der Waals surface area contributed by atoms with Crippen LogP contribution in [0.1, 0.15) is 42.9 Å². The van der Waals surface area contributed by atoms with Crippen molar-refractivity contribution in [2.24, 2.45) is 4.99 Å². The third-order valence-corrected chi connectivity index (χ3v) is 9.00. The fraction of sp³-hybridized carbons (Fsp3) is 0.424. The van der Waals surface area contributed by atoms with Gasteiger partial charge < -0.3 is 19.3 Å². The Labute approximate surface area is 254 Å². The lowest BCUT2D eigenvalue weighted by molar-refractivity contribution is -0.127. The molecule has 42 heavy (non-hydrogen) atoms. The Hall–Kier alpha value is -3.56. The fourth-order valence-electron chi connectivity index (χ4n) is 6.19. The minimum atomic E-state index is -0.368. The van der Waals surface area contributed by atoms with Crippen LogP contribution in [-0.4, -0.2) is 85.2 Å². The minimum Gasteiger partial charge on any atom is -0.496 e. The van der Waals surface area contributed by atoms with Crippen molar-refractivity contribution >= 4 is 28.7 Å². The molecule has 5 rings (SSSR count). The number of rotatable bonds is 5. The number of benzene rings is 2. The molecule has 2 aromatic carbocycles. The number of nitrogens with zero attached hydrogens (tertiary/aromatic N) is 4. The van der Waals surface area contributed by atoms with Crippen LogP contribution in [0.2, 0.25) is 0 Å². The van der Waals surface area contributed by atoms with E-state index in [-0.39, 0.29) is 17.5 Å². The maximum absolute atomic E-state index is 13.7. The van der Waals surface area contributed by atoms with E-state index in [1.54, 1.807) is 34.5 Å². The van der Waals surface area contributed by atoms with Crippen LogP contribution in [0.3, 0.4) is 0 Å². The molecule has 8 nitrogen and oxygen atoms in total. The molecule has 2 fully saturated rings. The van der Waals surface area contributed by atoms with Gasteiger partial charge >= 0.3 is 6.03 Å². The van der Waals surface area contributed by atoms with E-state index < -0.39 is 0 Å². The highest BCUT2D eigenvalue weighted by atomic mass is 32.2. The van der Waals surface area contributed by atoms with Crippen LogP contribution < -0.4 is 4.74 Å². The maximum atomic E-state index is 13.7. The van der Waals surface area contributed by atoms with Gasteiger partial charge in [0.15, 0.2) is 0 Å². The van der Waals surface area contributed by atoms with E-state index in [2.05, 4.69) is 28.8 Å². The Morgan fingerprint density at radius 1 is 1.07 bits per heavy atom. The molecule has 3 aliphatic heterocycles. The predicted molar refractivity (Wildman–Crippen MR) is 170 cm³/mol. The second-order valence-corrected chi connectivity index (χ2v) is 11.3. The maximum Gasteiger partial charge on any atom is 0.325 e. The molecule has 0 saturated carbocycles. The topological polar surface area (TPSA) is 74.7 Å². The first-order valence-corrected chi connectivity index (χ1v) is 15.3. The van der Waals surface area contributed by atoms with Crippen molar-refractivity contribution in [3.63, 3.8) is 0 Å². The van der Waals surface area contributed by atoms with Crippen LogP contribution in [0.15, 0.2) is 76.8 Å². The largest absolute Gasteiger partial charge is 0.496 e. The lowest BCUT2D eigenvalue weighted by Gasteiger charge is -2.44. The number of likely N-dealkylation sites (N-methyl/N-ethyl adjacent to an activating group) is 1. The van der Waals surface area contributed by atoms with Crippen molar-refractivity contribution in [2.45, 2.75) is 44.7 Å². The SMILES string of the molecule is CCN1C(=O)N2Cc3cccc(OC)c3CC/C=C\2C12CCN(C(=O)/C=C/SC(=NC)c1ccccc1)CC2.COC. The molecule has 0 atom stereocenters. The number of hydrogen-bond acceptors (Lipinski definition) is 6. The number of methoxy groups -OCH3 is 2. The number of ether oxygens (including phenoxy) is 2. The van der Waals surface area contributed by atoms with Gasteiger partial charge in [-0.05, 0) is 55.2 Å². The van der Waals surface area contributed by atoms with E-state index in [9.17, 15) is 9.59 Å². The van der Waals surface area contributed by atoms with Gasteiger partial charge in [-0.25, -0.2) is 4.79 Å². The van der Waals surface area contributed by atoms with E-state index in [1.165, 1.54) is 17.3 Å². The molecule has 0 radical (unpaired) electrons. The third kappa shape index (κ3) is 6.42. The highest BCUT2D eigenvalue weighted by Gasteiger charge is 2.54. The van der Waals surface area contributed by atoms with E-state index in [1.807, 2.05) is 62.6 Å². The molecular formula is C33H42N4O4S. The van der Waals surface area contributed by atoms with Gasteiger partial charge in [-0.3, -0.25) is 14.7 Å². The summed E-state index contributed by atoms with van der Waals surface area (Å²) < 4.78 is 9.87. The van der Waals surface area contributed by atoms with Gasteiger partial charge in [0, 0.05) is 58.2 Å². The first-order chi connectivity index (χ1) is 20.4. The van der Waals surface area contributed by atoms with Crippen LogP contribution in [0.25, 0.3) is 0 Å². The minimum absolute atomic E-state index is 0.00207. The van der Waals surface area contributed by atoms with E-state index in [0.29, 0.717) is 26.2 Å². The lowest BCUT2D eigenvalue weighted by atomic mass is 9.82. The first kappa shape index (κ1) is 31.4. The highest BCUT2D eigenvalue weighted by Crippen LogP contribution is 2.45. The van der Waals surface area contributed by atoms with Gasteiger partial charge in [0.2, 0.25) is 5.91 Å². The average Bonchev–Trinajstić information content (AvgIpc) is 3.20. The van der Waals surface area contributed by atoms with Crippen molar-refractivity contribution in [1.82, 2.24) is 14.7 Å². The summed E-state index contributed by atoms with van der Waals surface area (Å²) in [6.45, 7) is 4.46. The molecule has 0 unspecified atom stereocenters. The Kier molecular flexibility index (Phi) is 10.9. The summed E-state index contributed by atoms with van der Waals surface area (Å²) in [5.41, 5.74) is 4.09. The van der Waals surface area contributed by atoms with Crippen LogP contribution in [0.5, 0.6) is 5.75 Å². The smallest absolute Gasteiger partial charge is 0.325 e. The van der Waals surface area contributed by atoms with Gasteiger partial charge in [-0.2, -0.15) is 0 Å². The molecule has 2 aromatic rings. The Bertz CT molecular complexity index is 1330. The molecule has 3 heterocycles. The number of hydrogen-bond donors (Lipinski definition) is 0. The Morgan fingerprint density at radius 3 is 2.43 bits per heavy atom. The molecule has 3 amide bonds. The van der Waals surface area contributed by atoms with Gasteiger partial charge in [0.25, 0.3) is 0 Å². The van der Waals surface area contributed by atoms with Gasteiger partial charge in [-0.1, -0.05) is 60.3 Å². The summed E-state index contributed by atoms with van der Waals surface area (Å²) in [5, 5.41) is 2.69. The second-order valence-electron chi connectivity index (χ2n) is 10.4. The number of aliphatic imine (C=N–C) groups is 1. The molecule has 9 heteroatoms. The molecule has 224 valence electrons. The Morgan fingerprint density at radius 2 is 1.79 bits per heavy atom. The standard InChI is InChI=1S/C31H36N4O3S.C2H6O/c1-4-35-30(37)34-22-24-12-8-14-26(38-3)25(24)13-9-15-27(34)31(35)17-19-33(20-18-31)28(36)16-21-39-29(32-2)23-10-6-5-7-11-23;1-3-2/h5-8,10-12,14-16,21H,4,9,13,17-20,22H2,1-3H3;1-2H3/b21-16+,27-15-,32-29?;. The van der Waals surface area contributed by atoms with Crippen molar-refractivity contribution in [2.75, 3.05) is 48.0 Å². The first-order valence-electron chi connectivity index (χ1n) is 14.4. The molecular weight excluding hydrogens is 548 g/mol. The molecule has 0 N–H and O–H groups in total. The number of carbonyl (C=O) groups is 2.